The molecule has 0 saturated carbocycles. The predicted molar refractivity (Wildman–Crippen MR) is 106 cm³/mol. The zero-order valence-electron chi connectivity index (χ0n) is 14.8. The summed E-state index contributed by atoms with van der Waals surface area (Å²) >= 11 is 3.30. The van der Waals surface area contributed by atoms with Crippen LogP contribution in [0.15, 0.2) is 57.9 Å². The summed E-state index contributed by atoms with van der Waals surface area (Å²) in [6.07, 6.45) is 0. The number of ether oxygens (including phenoxy) is 1. The van der Waals surface area contributed by atoms with Gasteiger partial charge in [0, 0.05) is 36.3 Å². The van der Waals surface area contributed by atoms with Crippen LogP contribution in [0.25, 0.3) is 0 Å². The molecule has 0 atom stereocenters. The van der Waals surface area contributed by atoms with Gasteiger partial charge in [0.1, 0.15) is 5.75 Å². The summed E-state index contributed by atoms with van der Waals surface area (Å²) in [6.45, 7) is 1.17. The number of hydrogen-bond acceptors (Lipinski definition) is 4. The van der Waals surface area contributed by atoms with Gasteiger partial charge < -0.3 is 15.0 Å². The number of nitrogens with one attached hydrogen (secondary N) is 1. The molecule has 1 N–H and O–H groups in total. The summed E-state index contributed by atoms with van der Waals surface area (Å²) in [4.78, 5) is 14.3. The number of nitrogens with zero attached hydrogens (tertiary/aromatic N) is 2. The highest BCUT2D eigenvalue weighted by Gasteiger charge is 2.30. The monoisotopic (exact) mass is 453 g/mol. The van der Waals surface area contributed by atoms with Crippen molar-refractivity contribution in [3.63, 3.8) is 0 Å². The molecule has 27 heavy (non-hydrogen) atoms. The topological polar surface area (TPSA) is 79.0 Å². The van der Waals surface area contributed by atoms with Crippen LogP contribution in [-0.2, 0) is 10.0 Å². The van der Waals surface area contributed by atoms with Gasteiger partial charge in [-0.15, -0.1) is 0 Å². The second kappa shape index (κ2) is 8.28. The lowest BCUT2D eigenvalue weighted by Gasteiger charge is -2.34. The van der Waals surface area contributed by atoms with Crippen LogP contribution in [0.1, 0.15) is 0 Å². The summed E-state index contributed by atoms with van der Waals surface area (Å²) in [5, 5.41) is 2.81. The summed E-state index contributed by atoms with van der Waals surface area (Å²) < 4.78 is 32.7. The van der Waals surface area contributed by atoms with E-state index in [-0.39, 0.29) is 24.0 Å². The van der Waals surface area contributed by atoms with Crippen molar-refractivity contribution in [2.75, 3.05) is 38.6 Å². The first-order valence-electron chi connectivity index (χ1n) is 8.36. The lowest BCUT2D eigenvalue weighted by molar-refractivity contribution is 0.184. The summed E-state index contributed by atoms with van der Waals surface area (Å²) in [5.74, 6) is 0.708. The second-order valence-corrected chi connectivity index (χ2v) is 8.86. The standard InChI is InChI=1S/C18H20BrN3O4S/c1-26-16-7-5-15(6-8-16)20-18(23)21-9-11-22(12-10-21)27(24,25)17-4-2-3-14(19)13-17/h2-8,13H,9-12H2,1H3,(H,20,23). The van der Waals surface area contributed by atoms with E-state index < -0.39 is 10.0 Å². The van der Waals surface area contributed by atoms with Gasteiger partial charge in [0.15, 0.2) is 0 Å². The first-order valence-corrected chi connectivity index (χ1v) is 10.6. The minimum absolute atomic E-state index is 0.244. The Morgan fingerprint density at radius 2 is 1.74 bits per heavy atom. The average Bonchev–Trinajstić information content (AvgIpc) is 2.68. The van der Waals surface area contributed by atoms with Crippen molar-refractivity contribution in [2.45, 2.75) is 4.90 Å². The highest BCUT2D eigenvalue weighted by Crippen LogP contribution is 2.21. The van der Waals surface area contributed by atoms with Crippen LogP contribution < -0.4 is 10.1 Å². The van der Waals surface area contributed by atoms with Crippen LogP contribution in [0.3, 0.4) is 0 Å². The SMILES string of the molecule is COc1ccc(NC(=O)N2CCN(S(=O)(=O)c3cccc(Br)c3)CC2)cc1. The molecule has 0 spiro atoms. The Hall–Kier alpha value is -2.10. The molecule has 1 aliphatic rings. The third-order valence-corrected chi connectivity index (χ3v) is 6.69. The number of sulfonamides is 1. The number of piperazine rings is 1. The van der Waals surface area contributed by atoms with Gasteiger partial charge in [0.25, 0.3) is 0 Å². The number of anilines is 1. The third kappa shape index (κ3) is 4.60. The number of carbonyl (C=O) groups is 1. The highest BCUT2D eigenvalue weighted by molar-refractivity contribution is 9.10. The van der Waals surface area contributed by atoms with E-state index in [2.05, 4.69) is 21.2 Å². The van der Waals surface area contributed by atoms with Gasteiger partial charge >= 0.3 is 6.03 Å². The van der Waals surface area contributed by atoms with E-state index >= 15 is 0 Å². The first kappa shape index (κ1) is 19.7. The number of benzene rings is 2. The third-order valence-electron chi connectivity index (χ3n) is 4.30. The Morgan fingerprint density at radius 3 is 2.33 bits per heavy atom. The van der Waals surface area contributed by atoms with Crippen molar-refractivity contribution in [1.82, 2.24) is 9.21 Å². The van der Waals surface area contributed by atoms with Crippen LogP contribution in [0, 0.1) is 0 Å². The summed E-state index contributed by atoms with van der Waals surface area (Å²) in [6, 6.07) is 13.4. The molecule has 1 saturated heterocycles. The second-order valence-electron chi connectivity index (χ2n) is 6.01. The fourth-order valence-corrected chi connectivity index (χ4v) is 4.80. The molecule has 1 fully saturated rings. The van der Waals surface area contributed by atoms with Gasteiger partial charge in [-0.05, 0) is 42.5 Å². The molecule has 2 aromatic carbocycles. The van der Waals surface area contributed by atoms with E-state index in [4.69, 9.17) is 4.74 Å². The molecule has 7 nitrogen and oxygen atoms in total. The average molecular weight is 454 g/mol. The molecule has 0 radical (unpaired) electrons. The predicted octanol–water partition coefficient (Wildman–Crippen LogP) is 3.00. The van der Waals surface area contributed by atoms with E-state index in [1.165, 1.54) is 4.31 Å². The maximum Gasteiger partial charge on any atom is 0.321 e. The van der Waals surface area contributed by atoms with Gasteiger partial charge in [-0.25, -0.2) is 13.2 Å². The van der Waals surface area contributed by atoms with Gasteiger partial charge in [-0.3, -0.25) is 0 Å². The van der Waals surface area contributed by atoms with Crippen molar-refractivity contribution in [1.29, 1.82) is 0 Å². The maximum atomic E-state index is 12.7. The van der Waals surface area contributed by atoms with Crippen molar-refractivity contribution in [3.8, 4) is 5.75 Å². The molecule has 0 bridgehead atoms. The Morgan fingerprint density at radius 1 is 1.07 bits per heavy atom. The Balaban J connectivity index is 1.60. The fourth-order valence-electron chi connectivity index (χ4n) is 2.78. The number of methoxy groups -OCH3 is 1. The number of urea groups is 1. The maximum absolute atomic E-state index is 12.7. The fraction of sp³-hybridized carbons (Fsp3) is 0.278. The van der Waals surface area contributed by atoms with Crippen molar-refractivity contribution in [3.05, 3.63) is 53.0 Å². The van der Waals surface area contributed by atoms with Crippen LogP contribution in [-0.4, -0.2) is 56.9 Å². The minimum atomic E-state index is -3.57. The Kier molecular flexibility index (Phi) is 6.03. The first-order chi connectivity index (χ1) is 12.9. The van der Waals surface area contributed by atoms with E-state index in [0.29, 0.717) is 29.0 Å². The molecular weight excluding hydrogens is 434 g/mol. The number of carbonyl (C=O) groups excluding carboxylic acids is 1. The molecule has 144 valence electrons. The van der Waals surface area contributed by atoms with Crippen LogP contribution in [0.4, 0.5) is 10.5 Å². The molecule has 0 aliphatic carbocycles. The van der Waals surface area contributed by atoms with E-state index in [1.807, 2.05) is 0 Å². The zero-order chi connectivity index (χ0) is 19.4. The summed E-state index contributed by atoms with van der Waals surface area (Å²) in [5.41, 5.74) is 0.657. The number of halogens is 1. The van der Waals surface area contributed by atoms with E-state index in [9.17, 15) is 13.2 Å². The molecule has 9 heteroatoms. The van der Waals surface area contributed by atoms with E-state index in [1.54, 1.807) is 60.5 Å². The van der Waals surface area contributed by atoms with Gasteiger partial charge in [-0.2, -0.15) is 4.31 Å². The lowest BCUT2D eigenvalue weighted by Crippen LogP contribution is -2.51. The molecule has 2 aromatic rings. The van der Waals surface area contributed by atoms with Crippen LogP contribution in [0.5, 0.6) is 5.75 Å². The smallest absolute Gasteiger partial charge is 0.321 e. The minimum Gasteiger partial charge on any atom is -0.497 e. The number of rotatable bonds is 4. The molecule has 2 amide bonds. The number of hydrogen-bond donors (Lipinski definition) is 1. The quantitative estimate of drug-likeness (QED) is 0.771. The molecule has 1 aliphatic heterocycles. The molecule has 1 heterocycles. The zero-order valence-corrected chi connectivity index (χ0v) is 17.2. The lowest BCUT2D eigenvalue weighted by atomic mass is 10.3. The van der Waals surface area contributed by atoms with Crippen LogP contribution >= 0.6 is 15.9 Å². The highest BCUT2D eigenvalue weighted by atomic mass is 79.9. The number of amides is 2. The van der Waals surface area contributed by atoms with Crippen molar-refractivity contribution in [2.24, 2.45) is 0 Å². The molecule has 0 aromatic heterocycles. The largest absolute Gasteiger partial charge is 0.497 e. The molecule has 0 unspecified atom stereocenters. The Bertz CT molecular complexity index is 910. The molecular formula is C18H20BrN3O4S. The van der Waals surface area contributed by atoms with E-state index in [0.717, 1.165) is 0 Å². The van der Waals surface area contributed by atoms with Crippen molar-refractivity contribution >= 4 is 37.7 Å². The van der Waals surface area contributed by atoms with Crippen LogP contribution in [0.2, 0.25) is 0 Å². The Labute approximate surface area is 167 Å². The molecule has 3 rings (SSSR count). The van der Waals surface area contributed by atoms with Gasteiger partial charge in [-0.1, -0.05) is 22.0 Å². The van der Waals surface area contributed by atoms with Gasteiger partial charge in [0.2, 0.25) is 10.0 Å². The normalized spacial score (nSPS) is 15.4. The van der Waals surface area contributed by atoms with Crippen molar-refractivity contribution < 1.29 is 17.9 Å². The van der Waals surface area contributed by atoms with Gasteiger partial charge in [0.05, 0.1) is 12.0 Å². The summed E-state index contributed by atoms with van der Waals surface area (Å²) in [7, 11) is -1.99.